The van der Waals surface area contributed by atoms with Gasteiger partial charge >= 0.3 is 0 Å². The van der Waals surface area contributed by atoms with Gasteiger partial charge in [-0.3, -0.25) is 19.2 Å². The average Bonchev–Trinajstić information content (AvgIpc) is 3.83. The van der Waals surface area contributed by atoms with Crippen molar-refractivity contribution in [3.8, 4) is 35.3 Å². The Hall–Kier alpha value is -7.93. The Balaban J connectivity index is 1.33. The molecule has 288 valence electrons. The van der Waals surface area contributed by atoms with Gasteiger partial charge < -0.3 is 20.1 Å². The van der Waals surface area contributed by atoms with Gasteiger partial charge in [-0.05, 0) is 57.4 Å². The number of azo groups is 1. The largest absolute Gasteiger partial charge is 0.495 e. The van der Waals surface area contributed by atoms with Crippen LogP contribution < -0.4 is 20.1 Å². The molecule has 2 aromatic carbocycles. The van der Waals surface area contributed by atoms with Crippen molar-refractivity contribution in [2.75, 3.05) is 24.9 Å². The molecular formula is C38H35N13O6. The molecule has 57 heavy (non-hydrogen) atoms. The monoisotopic (exact) mass is 769 g/mol. The number of anilines is 2. The molecule has 0 saturated heterocycles. The first-order valence-corrected chi connectivity index (χ1v) is 17.2. The van der Waals surface area contributed by atoms with Crippen LogP contribution in [0.25, 0.3) is 11.6 Å². The maximum Gasteiger partial charge on any atom is 0.258 e. The minimum Gasteiger partial charge on any atom is -0.495 e. The van der Waals surface area contributed by atoms with Crippen molar-refractivity contribution in [2.24, 2.45) is 21.1 Å². The second kappa shape index (κ2) is 18.9. The number of methoxy groups -OCH3 is 2. The van der Waals surface area contributed by atoms with Crippen LogP contribution in [0.15, 0.2) is 88.5 Å². The van der Waals surface area contributed by atoms with Gasteiger partial charge in [0.1, 0.15) is 46.9 Å². The van der Waals surface area contributed by atoms with Crippen LogP contribution in [0.5, 0.6) is 11.5 Å². The van der Waals surface area contributed by atoms with E-state index in [1.807, 2.05) is 12.1 Å². The number of ether oxygens (including phenoxy) is 2. The summed E-state index contributed by atoms with van der Waals surface area (Å²) in [7, 11) is 2.92. The molecule has 0 spiro atoms. The summed E-state index contributed by atoms with van der Waals surface area (Å²) >= 11 is 0. The number of unbranched alkanes of at least 4 members (excludes halogenated alkanes) is 1. The number of para-hydroxylation sites is 4. The van der Waals surface area contributed by atoms with Gasteiger partial charge in [0, 0.05) is 12.3 Å². The van der Waals surface area contributed by atoms with E-state index < -0.39 is 29.6 Å². The van der Waals surface area contributed by atoms with E-state index in [0.29, 0.717) is 35.7 Å². The summed E-state index contributed by atoms with van der Waals surface area (Å²) in [6, 6.07) is 17.4. The van der Waals surface area contributed by atoms with Gasteiger partial charge in [-0.1, -0.05) is 24.3 Å². The zero-order chi connectivity index (χ0) is 40.9. The molecule has 3 heterocycles. The SMILES string of the molecule is COc1ccccc1NC(=O)C(CCCC=Nc1c(C#N)cnn1-c1cc(-n2ncc(C#N)c2N=NC(C(C)=O)C(=O)Nc2ccccc2OC)ncn1)C(C)=O. The third kappa shape index (κ3) is 9.60. The highest BCUT2D eigenvalue weighted by atomic mass is 16.5. The number of Topliss-reactive ketones (excluding diaryl/α,β-unsaturated/α-hetero) is 2. The highest BCUT2D eigenvalue weighted by Crippen LogP contribution is 2.28. The molecule has 0 fully saturated rings. The van der Waals surface area contributed by atoms with Crippen LogP contribution in [0.2, 0.25) is 0 Å². The fourth-order valence-electron chi connectivity index (χ4n) is 5.40. The first-order valence-electron chi connectivity index (χ1n) is 17.2. The zero-order valence-electron chi connectivity index (χ0n) is 31.2. The topological polar surface area (TPSA) is 257 Å². The Morgan fingerprint density at radius 3 is 1.89 bits per heavy atom. The fraction of sp³-hybridized carbons (Fsp3) is 0.237. The minimum absolute atomic E-state index is 0.0354. The van der Waals surface area contributed by atoms with Crippen molar-refractivity contribution in [3.63, 3.8) is 0 Å². The summed E-state index contributed by atoms with van der Waals surface area (Å²) in [6.45, 7) is 2.54. The van der Waals surface area contributed by atoms with E-state index in [0.717, 1.165) is 4.68 Å². The number of carbonyl (C=O) groups excluding carboxylic acids is 4. The molecule has 5 aromatic rings. The predicted octanol–water partition coefficient (Wildman–Crippen LogP) is 5.01. The second-order valence-corrected chi connectivity index (χ2v) is 12.1. The van der Waals surface area contributed by atoms with Gasteiger partial charge in [0.2, 0.25) is 11.9 Å². The standard InChI is InChI=1S/C38H35N13O6/c1-23(52)27(37(54)46-28-12-5-7-14-30(28)56-3)11-9-10-16-41-35-25(18-39)20-44-50(35)32-17-33(43-22-42-32)51-36(26(19-40)21-45-51)49-48-34(24(2)53)38(55)47-29-13-6-8-15-31(29)57-4/h5-8,12-17,20-22,27,34H,9-11H2,1-4H3,(H,46,54)(H,47,55). The van der Waals surface area contributed by atoms with Crippen molar-refractivity contribution in [2.45, 2.75) is 39.2 Å². The number of hydrogen-bond donors (Lipinski definition) is 2. The molecular weight excluding hydrogens is 735 g/mol. The number of amides is 2. The van der Waals surface area contributed by atoms with Gasteiger partial charge in [0.15, 0.2) is 29.1 Å². The highest BCUT2D eigenvalue weighted by Gasteiger charge is 2.26. The molecule has 3 aromatic heterocycles. The van der Waals surface area contributed by atoms with Gasteiger partial charge in [0.25, 0.3) is 5.91 Å². The lowest BCUT2D eigenvalue weighted by molar-refractivity contribution is -0.130. The van der Waals surface area contributed by atoms with Crippen LogP contribution in [-0.4, -0.2) is 79.4 Å². The van der Waals surface area contributed by atoms with Crippen LogP contribution in [0.1, 0.15) is 44.2 Å². The normalized spacial score (nSPS) is 12.0. The molecule has 0 aliphatic rings. The van der Waals surface area contributed by atoms with E-state index >= 15 is 0 Å². The van der Waals surface area contributed by atoms with Crippen molar-refractivity contribution >= 4 is 52.6 Å². The van der Waals surface area contributed by atoms with E-state index in [9.17, 15) is 29.7 Å². The van der Waals surface area contributed by atoms with E-state index in [2.05, 4.69) is 46.0 Å². The Morgan fingerprint density at radius 1 is 0.807 bits per heavy atom. The van der Waals surface area contributed by atoms with Crippen LogP contribution in [-0.2, 0) is 19.2 Å². The van der Waals surface area contributed by atoms with E-state index in [-0.39, 0.29) is 46.6 Å². The maximum atomic E-state index is 13.1. The Bertz CT molecular complexity index is 2440. The first-order chi connectivity index (χ1) is 27.6. The lowest BCUT2D eigenvalue weighted by Gasteiger charge is -2.15. The number of nitrogens with zero attached hydrogens (tertiary/aromatic N) is 11. The molecule has 2 unspecified atom stereocenters. The Morgan fingerprint density at radius 2 is 1.35 bits per heavy atom. The first kappa shape index (κ1) is 40.3. The number of aromatic nitrogens is 6. The smallest absolute Gasteiger partial charge is 0.258 e. The van der Waals surface area contributed by atoms with Gasteiger partial charge in [-0.15, -0.1) is 5.11 Å². The van der Waals surface area contributed by atoms with Crippen LogP contribution in [0, 0.1) is 28.6 Å². The molecule has 5 rings (SSSR count). The van der Waals surface area contributed by atoms with E-state index in [4.69, 9.17) is 9.47 Å². The molecule has 0 aliphatic carbocycles. The molecule has 2 atom stereocenters. The van der Waals surface area contributed by atoms with Gasteiger partial charge in [-0.2, -0.15) is 35.2 Å². The minimum atomic E-state index is -1.58. The molecule has 0 saturated carbocycles. The number of hydrogen-bond acceptors (Lipinski definition) is 15. The van der Waals surface area contributed by atoms with Crippen LogP contribution >= 0.6 is 0 Å². The number of aliphatic imine (C=N–C) groups is 1. The lowest BCUT2D eigenvalue weighted by atomic mass is 9.97. The number of ketones is 2. The summed E-state index contributed by atoms with van der Waals surface area (Å²) in [6.07, 6.45) is 6.28. The summed E-state index contributed by atoms with van der Waals surface area (Å²) in [5.41, 5.74) is 0.864. The molecule has 2 amide bonds. The summed E-state index contributed by atoms with van der Waals surface area (Å²) in [5, 5.41) is 41.5. The Kier molecular flexibility index (Phi) is 13.3. The third-order valence-corrected chi connectivity index (χ3v) is 8.28. The van der Waals surface area contributed by atoms with Crippen LogP contribution in [0.3, 0.4) is 0 Å². The maximum absolute atomic E-state index is 13.1. The van der Waals surface area contributed by atoms with Gasteiger partial charge in [-0.25, -0.2) is 15.0 Å². The molecule has 0 radical (unpaired) electrons. The Labute approximate surface area is 325 Å². The highest BCUT2D eigenvalue weighted by molar-refractivity contribution is 6.10. The molecule has 19 nitrogen and oxygen atoms in total. The number of carbonyl (C=O) groups is 4. The predicted molar refractivity (Wildman–Crippen MR) is 204 cm³/mol. The van der Waals surface area contributed by atoms with E-state index in [1.165, 1.54) is 57.5 Å². The molecule has 0 aliphatic heterocycles. The number of rotatable bonds is 17. The number of nitrogens with one attached hydrogen (secondary N) is 2. The molecule has 19 heteroatoms. The summed E-state index contributed by atoms with van der Waals surface area (Å²) in [4.78, 5) is 64.0. The summed E-state index contributed by atoms with van der Waals surface area (Å²) < 4.78 is 13.0. The van der Waals surface area contributed by atoms with Crippen molar-refractivity contribution in [3.05, 3.63) is 84.4 Å². The summed E-state index contributed by atoms with van der Waals surface area (Å²) in [5.74, 6) is -1.94. The molecule has 2 N–H and O–H groups in total. The van der Waals surface area contributed by atoms with Crippen molar-refractivity contribution in [1.29, 1.82) is 10.5 Å². The van der Waals surface area contributed by atoms with Crippen molar-refractivity contribution < 1.29 is 28.7 Å². The van der Waals surface area contributed by atoms with Gasteiger partial charge in [0.05, 0.1) is 43.9 Å². The fourth-order valence-corrected chi connectivity index (χ4v) is 5.40. The number of nitriles is 2. The lowest BCUT2D eigenvalue weighted by Crippen LogP contribution is -2.32. The van der Waals surface area contributed by atoms with Crippen LogP contribution in [0.4, 0.5) is 23.0 Å². The average molecular weight is 770 g/mol. The van der Waals surface area contributed by atoms with E-state index in [1.54, 1.807) is 54.7 Å². The quantitative estimate of drug-likeness (QED) is 0.0548. The number of benzene rings is 2. The van der Waals surface area contributed by atoms with Crippen molar-refractivity contribution in [1.82, 2.24) is 29.5 Å². The third-order valence-electron chi connectivity index (χ3n) is 8.28. The zero-order valence-corrected chi connectivity index (χ0v) is 31.2. The second-order valence-electron chi connectivity index (χ2n) is 12.1. The molecule has 0 bridgehead atoms.